The SMILES string of the molecule is Cc1cc2c3c(c1)N(c1cccc4c1oc1ccccc14)c1cc(N4c5ccc(C(C)(C)C)cc5C5(C)CCCCC45C)ccc1B3c1ccc(-c3ccccc3)cc1N2c1ccc2c(c1)oc1ccccc12. The van der Waals surface area contributed by atoms with Crippen LogP contribution in [0.15, 0.2) is 191 Å². The molecule has 3 aliphatic heterocycles. The molecule has 0 radical (unpaired) electrons. The molecule has 6 heteroatoms. The summed E-state index contributed by atoms with van der Waals surface area (Å²) >= 11 is 0. The van der Waals surface area contributed by atoms with Crippen LogP contribution in [0.25, 0.3) is 55.0 Å². The molecular weight excluding hydrogens is 890 g/mol. The van der Waals surface area contributed by atoms with Gasteiger partial charge in [-0.15, -0.1) is 0 Å². The van der Waals surface area contributed by atoms with Crippen LogP contribution in [0.2, 0.25) is 0 Å². The molecule has 2 atom stereocenters. The van der Waals surface area contributed by atoms with E-state index in [9.17, 15) is 0 Å². The molecule has 9 aromatic carbocycles. The number of hydrogen-bond donors (Lipinski definition) is 0. The molecule has 11 aromatic rings. The molecule has 5 nitrogen and oxygen atoms in total. The van der Waals surface area contributed by atoms with Crippen LogP contribution in [0.4, 0.5) is 45.5 Å². The van der Waals surface area contributed by atoms with Crippen molar-refractivity contribution in [1.82, 2.24) is 0 Å². The summed E-state index contributed by atoms with van der Waals surface area (Å²) in [6, 6.07) is 68.0. The molecule has 0 bridgehead atoms. The second kappa shape index (κ2) is 15.1. The quantitative estimate of drug-likeness (QED) is 0.164. The molecule has 2 unspecified atom stereocenters. The Morgan fingerprint density at radius 2 is 1.14 bits per heavy atom. The molecule has 1 saturated carbocycles. The van der Waals surface area contributed by atoms with Gasteiger partial charge in [-0.25, -0.2) is 0 Å². The minimum absolute atomic E-state index is 0.0104. The zero-order valence-electron chi connectivity index (χ0n) is 42.4. The predicted octanol–water partition coefficient (Wildman–Crippen LogP) is 16.6. The standard InChI is InChI=1S/C67H56BN3O2/c1-41-35-58-63-59(36-41)70(55-22-16-21-50-48-20-11-13-24-61(48)73-64(50)55)57-39-46(71-54-32-26-44(65(2,3)4)38-51(54)66(5)33-14-15-34-67(66,71)6)28-31-53(57)68(63)52-30-25-43(42-17-8-7-9-18-42)37-56(52)69(58)45-27-29-49-47-19-10-12-23-60(47)72-62(49)40-45/h7-13,16-32,35-40H,14-15,33-34H2,1-6H3. The minimum Gasteiger partial charge on any atom is -0.456 e. The van der Waals surface area contributed by atoms with Crippen molar-refractivity contribution in [3.63, 3.8) is 0 Å². The normalized spacial score (nSPS) is 18.9. The molecule has 0 amide bonds. The van der Waals surface area contributed by atoms with Crippen molar-refractivity contribution in [2.75, 3.05) is 14.7 Å². The fourth-order valence-electron chi connectivity index (χ4n) is 14.0. The molecule has 73 heavy (non-hydrogen) atoms. The number of anilines is 8. The Morgan fingerprint density at radius 1 is 0.479 bits per heavy atom. The number of rotatable bonds is 4. The first-order valence-electron chi connectivity index (χ1n) is 26.3. The fraction of sp³-hybridized carbons (Fsp3) is 0.194. The monoisotopic (exact) mass is 945 g/mol. The third-order valence-electron chi connectivity index (χ3n) is 17.8. The lowest BCUT2D eigenvalue weighted by atomic mass is 9.33. The van der Waals surface area contributed by atoms with Gasteiger partial charge in [0.25, 0.3) is 6.71 Å². The summed E-state index contributed by atoms with van der Waals surface area (Å²) in [5.41, 5.74) is 23.1. The largest absolute Gasteiger partial charge is 0.456 e. The van der Waals surface area contributed by atoms with E-state index in [4.69, 9.17) is 8.83 Å². The Hall–Kier alpha value is -7.96. The van der Waals surface area contributed by atoms with E-state index in [0.29, 0.717) is 0 Å². The highest BCUT2D eigenvalue weighted by atomic mass is 16.3. The van der Waals surface area contributed by atoms with E-state index in [1.54, 1.807) is 0 Å². The molecule has 15 rings (SSSR count). The van der Waals surface area contributed by atoms with E-state index in [1.165, 1.54) is 91.9 Å². The van der Waals surface area contributed by atoms with Crippen LogP contribution in [0.1, 0.15) is 77.0 Å². The topological polar surface area (TPSA) is 36.0 Å². The Labute approximate surface area is 427 Å². The highest BCUT2D eigenvalue weighted by Gasteiger charge is 2.58. The van der Waals surface area contributed by atoms with Crippen molar-refractivity contribution in [1.29, 1.82) is 0 Å². The lowest BCUT2D eigenvalue weighted by molar-refractivity contribution is 0.195. The maximum atomic E-state index is 7.00. The number of fused-ring (bicyclic) bond motifs is 13. The van der Waals surface area contributed by atoms with Crippen LogP contribution in [0.5, 0.6) is 0 Å². The summed E-state index contributed by atoms with van der Waals surface area (Å²) in [6.07, 6.45) is 4.76. The van der Waals surface area contributed by atoms with Crippen LogP contribution < -0.4 is 31.1 Å². The molecule has 1 aliphatic carbocycles. The van der Waals surface area contributed by atoms with Gasteiger partial charge < -0.3 is 23.5 Å². The zero-order valence-corrected chi connectivity index (χ0v) is 42.4. The van der Waals surface area contributed by atoms with E-state index in [2.05, 4.69) is 238 Å². The van der Waals surface area contributed by atoms with E-state index < -0.39 is 0 Å². The maximum absolute atomic E-state index is 7.00. The number of para-hydroxylation sites is 3. The number of furan rings is 2. The van der Waals surface area contributed by atoms with Crippen LogP contribution in [0, 0.1) is 6.92 Å². The van der Waals surface area contributed by atoms with E-state index in [0.717, 1.165) is 67.4 Å². The van der Waals surface area contributed by atoms with E-state index in [1.807, 2.05) is 0 Å². The van der Waals surface area contributed by atoms with E-state index in [-0.39, 0.29) is 23.1 Å². The number of benzene rings is 9. The summed E-state index contributed by atoms with van der Waals surface area (Å²) in [4.78, 5) is 7.81. The maximum Gasteiger partial charge on any atom is 0.252 e. The second-order valence-corrected chi connectivity index (χ2v) is 22.9. The first-order chi connectivity index (χ1) is 35.5. The van der Waals surface area contributed by atoms with Crippen LogP contribution in [0.3, 0.4) is 0 Å². The Kier molecular flexibility index (Phi) is 8.80. The van der Waals surface area contributed by atoms with Crippen molar-refractivity contribution in [3.8, 4) is 11.1 Å². The van der Waals surface area contributed by atoms with Gasteiger partial charge in [-0.3, -0.25) is 0 Å². The highest BCUT2D eigenvalue weighted by molar-refractivity contribution is 7.00. The number of hydrogen-bond acceptors (Lipinski definition) is 5. The van der Waals surface area contributed by atoms with Crippen molar-refractivity contribution < 1.29 is 8.83 Å². The lowest BCUT2D eigenvalue weighted by Gasteiger charge is -2.50. The lowest BCUT2D eigenvalue weighted by Crippen LogP contribution is -2.61. The van der Waals surface area contributed by atoms with Gasteiger partial charge in [0.1, 0.15) is 16.7 Å². The molecule has 354 valence electrons. The first-order valence-corrected chi connectivity index (χ1v) is 26.3. The third-order valence-corrected chi connectivity index (χ3v) is 17.8. The van der Waals surface area contributed by atoms with Crippen molar-refractivity contribution >= 4 is 112 Å². The Morgan fingerprint density at radius 3 is 1.93 bits per heavy atom. The summed E-state index contributed by atoms with van der Waals surface area (Å²) in [5, 5.41) is 4.48. The smallest absolute Gasteiger partial charge is 0.252 e. The van der Waals surface area contributed by atoms with Crippen LogP contribution in [-0.4, -0.2) is 12.3 Å². The average Bonchev–Trinajstić information content (AvgIpc) is 4.05. The second-order valence-electron chi connectivity index (χ2n) is 22.9. The van der Waals surface area contributed by atoms with Crippen molar-refractivity contribution in [3.05, 3.63) is 199 Å². The predicted molar refractivity (Wildman–Crippen MR) is 307 cm³/mol. The van der Waals surface area contributed by atoms with Crippen LogP contribution in [-0.2, 0) is 10.8 Å². The molecular formula is C67H56BN3O2. The Balaban J connectivity index is 1.01. The van der Waals surface area contributed by atoms with Crippen molar-refractivity contribution in [2.45, 2.75) is 83.6 Å². The summed E-state index contributed by atoms with van der Waals surface area (Å²) in [6.45, 7) is 14.3. The molecule has 5 heterocycles. The fourth-order valence-corrected chi connectivity index (χ4v) is 14.0. The van der Waals surface area contributed by atoms with Gasteiger partial charge in [-0.1, -0.05) is 150 Å². The number of nitrogens with zero attached hydrogens (tertiary/aromatic N) is 3. The van der Waals surface area contributed by atoms with Gasteiger partial charge in [0, 0.05) is 72.8 Å². The zero-order chi connectivity index (χ0) is 49.1. The van der Waals surface area contributed by atoms with Gasteiger partial charge >= 0.3 is 0 Å². The van der Waals surface area contributed by atoms with Gasteiger partial charge in [0.05, 0.1) is 11.2 Å². The molecule has 0 saturated heterocycles. The van der Waals surface area contributed by atoms with Gasteiger partial charge in [-0.2, -0.15) is 0 Å². The molecule has 0 N–H and O–H groups in total. The van der Waals surface area contributed by atoms with Gasteiger partial charge in [0.15, 0.2) is 5.58 Å². The number of aryl methyl sites for hydroxylation is 1. The molecule has 1 fully saturated rings. The first kappa shape index (κ1) is 42.7. The van der Waals surface area contributed by atoms with E-state index >= 15 is 0 Å². The van der Waals surface area contributed by atoms with Gasteiger partial charge in [0.2, 0.25) is 0 Å². The summed E-state index contributed by atoms with van der Waals surface area (Å²) < 4.78 is 13.6. The summed E-state index contributed by atoms with van der Waals surface area (Å²) in [5.74, 6) is 0. The molecule has 4 aliphatic rings. The highest BCUT2D eigenvalue weighted by Crippen LogP contribution is 2.62. The van der Waals surface area contributed by atoms with Gasteiger partial charge in [-0.05, 0) is 143 Å². The minimum atomic E-state index is -0.120. The summed E-state index contributed by atoms with van der Waals surface area (Å²) in [7, 11) is 0. The Bertz CT molecular complexity index is 4120. The molecule has 2 aromatic heterocycles. The average molecular weight is 946 g/mol. The van der Waals surface area contributed by atoms with Crippen molar-refractivity contribution in [2.24, 2.45) is 0 Å². The van der Waals surface area contributed by atoms with Crippen LogP contribution >= 0.6 is 0 Å². The third kappa shape index (κ3) is 5.92. The molecule has 0 spiro atoms.